The third kappa shape index (κ3) is 5.52. The van der Waals surface area contributed by atoms with Gasteiger partial charge in [-0.05, 0) is 46.2 Å². The first-order valence-corrected chi connectivity index (χ1v) is 11.5. The molecule has 0 aliphatic carbocycles. The smallest absolute Gasteiger partial charge is 0.338 e. The Labute approximate surface area is 193 Å². The molecule has 2 aliphatic rings. The molecule has 0 saturated carbocycles. The highest BCUT2D eigenvalue weighted by atomic mass is 19.1. The predicted octanol–water partition coefficient (Wildman–Crippen LogP) is 3.00. The summed E-state index contributed by atoms with van der Waals surface area (Å²) >= 11 is 0. The molecule has 0 radical (unpaired) electrons. The molecule has 8 nitrogen and oxygen atoms in total. The normalized spacial score (nSPS) is 21.6. The molecule has 2 aliphatic heterocycles. The lowest BCUT2D eigenvalue weighted by atomic mass is 9.92. The van der Waals surface area contributed by atoms with Crippen LogP contribution in [0, 0.1) is 11.7 Å². The average Bonchev–Trinajstić information content (AvgIpc) is 2.79. The van der Waals surface area contributed by atoms with Gasteiger partial charge >= 0.3 is 18.0 Å². The van der Waals surface area contributed by atoms with E-state index in [2.05, 4.69) is 5.32 Å². The van der Waals surface area contributed by atoms with E-state index < -0.39 is 23.9 Å². The third-order valence-electron chi connectivity index (χ3n) is 5.96. The van der Waals surface area contributed by atoms with Crippen LogP contribution < -0.4 is 5.32 Å². The number of rotatable bonds is 8. The van der Waals surface area contributed by atoms with Gasteiger partial charge in [0.1, 0.15) is 5.82 Å². The van der Waals surface area contributed by atoms with Crippen LogP contribution in [0.1, 0.15) is 45.2 Å². The van der Waals surface area contributed by atoms with E-state index in [9.17, 15) is 18.8 Å². The zero-order chi connectivity index (χ0) is 24.0. The lowest BCUT2D eigenvalue weighted by molar-refractivity contribution is -0.150. The Hall–Kier alpha value is -2.94. The summed E-state index contributed by atoms with van der Waals surface area (Å²) in [7, 11) is 0. The van der Waals surface area contributed by atoms with Crippen molar-refractivity contribution in [1.82, 2.24) is 15.1 Å². The summed E-state index contributed by atoms with van der Waals surface area (Å²) in [4.78, 5) is 41.9. The Bertz CT molecular complexity index is 919. The lowest BCUT2D eigenvalue weighted by Gasteiger charge is -2.39. The van der Waals surface area contributed by atoms with Crippen molar-refractivity contribution < 1.29 is 28.2 Å². The number of carbonyl (C=O) groups is 3. The summed E-state index contributed by atoms with van der Waals surface area (Å²) in [5, 5.41) is 2.77. The molecule has 2 heterocycles. The molecule has 2 amide bonds. The number of amides is 2. The first kappa shape index (κ1) is 24.7. The number of hydrogen-bond donors (Lipinski definition) is 1. The van der Waals surface area contributed by atoms with E-state index in [1.807, 2.05) is 11.8 Å². The SMILES string of the molecule is CCOC(=O)C1=C(CN2CCCC(C(=O)OCC)C2)N(CC)C(=O)NC1c1ccccc1F. The van der Waals surface area contributed by atoms with Crippen LogP contribution in [0.15, 0.2) is 35.5 Å². The van der Waals surface area contributed by atoms with Crippen molar-refractivity contribution in [3.05, 3.63) is 46.9 Å². The number of hydrogen-bond acceptors (Lipinski definition) is 6. The van der Waals surface area contributed by atoms with Gasteiger partial charge in [0.15, 0.2) is 0 Å². The molecule has 1 N–H and O–H groups in total. The predicted molar refractivity (Wildman–Crippen MR) is 120 cm³/mol. The number of nitrogens with zero attached hydrogens (tertiary/aromatic N) is 2. The number of esters is 2. The van der Waals surface area contributed by atoms with Gasteiger partial charge in [0.2, 0.25) is 0 Å². The summed E-state index contributed by atoms with van der Waals surface area (Å²) in [6.45, 7) is 7.50. The highest BCUT2D eigenvalue weighted by Crippen LogP contribution is 2.33. The van der Waals surface area contributed by atoms with Crippen molar-refractivity contribution in [2.24, 2.45) is 5.92 Å². The van der Waals surface area contributed by atoms with Crippen LogP contribution in [0.25, 0.3) is 0 Å². The first-order chi connectivity index (χ1) is 15.9. The van der Waals surface area contributed by atoms with Crippen molar-refractivity contribution in [3.63, 3.8) is 0 Å². The number of likely N-dealkylation sites (N-methyl/N-ethyl adjacent to an activating group) is 1. The monoisotopic (exact) mass is 461 g/mol. The fourth-order valence-corrected chi connectivity index (χ4v) is 4.46. The van der Waals surface area contributed by atoms with Crippen LogP contribution in [-0.4, -0.2) is 67.2 Å². The summed E-state index contributed by atoms with van der Waals surface area (Å²) < 4.78 is 25.2. The van der Waals surface area contributed by atoms with Crippen LogP contribution in [0.5, 0.6) is 0 Å². The van der Waals surface area contributed by atoms with Crippen molar-refractivity contribution in [2.45, 2.75) is 39.7 Å². The molecule has 2 atom stereocenters. The first-order valence-electron chi connectivity index (χ1n) is 11.5. The molecule has 33 heavy (non-hydrogen) atoms. The largest absolute Gasteiger partial charge is 0.466 e. The molecule has 180 valence electrons. The summed E-state index contributed by atoms with van der Waals surface area (Å²) in [5.74, 6) is -1.62. The van der Waals surface area contributed by atoms with Gasteiger partial charge in [0.25, 0.3) is 0 Å². The van der Waals surface area contributed by atoms with Crippen LogP contribution in [0.3, 0.4) is 0 Å². The van der Waals surface area contributed by atoms with Crippen LogP contribution in [-0.2, 0) is 19.1 Å². The van der Waals surface area contributed by atoms with E-state index in [4.69, 9.17) is 9.47 Å². The van der Waals surface area contributed by atoms with Crippen LogP contribution in [0.4, 0.5) is 9.18 Å². The maximum Gasteiger partial charge on any atom is 0.338 e. The zero-order valence-electron chi connectivity index (χ0n) is 19.4. The van der Waals surface area contributed by atoms with Gasteiger partial charge in [-0.1, -0.05) is 18.2 Å². The second-order valence-electron chi connectivity index (χ2n) is 8.06. The molecule has 9 heteroatoms. The molecule has 1 saturated heterocycles. The van der Waals surface area contributed by atoms with Gasteiger partial charge in [0.05, 0.1) is 30.7 Å². The fourth-order valence-electron chi connectivity index (χ4n) is 4.46. The molecule has 1 fully saturated rings. The van der Waals surface area contributed by atoms with E-state index in [0.29, 0.717) is 31.9 Å². The van der Waals surface area contributed by atoms with Crippen molar-refractivity contribution in [2.75, 3.05) is 39.4 Å². The Balaban J connectivity index is 2.02. The Morgan fingerprint density at radius 2 is 1.88 bits per heavy atom. The molecule has 0 spiro atoms. The minimum atomic E-state index is -0.971. The number of piperidine rings is 1. The average molecular weight is 462 g/mol. The van der Waals surface area contributed by atoms with Crippen LogP contribution >= 0.6 is 0 Å². The standard InChI is InChI=1S/C24H32FN3O5/c1-4-28-19(15-27-13-9-10-16(14-27)22(29)32-5-2)20(23(30)33-6-3)21(26-24(28)31)17-11-7-8-12-18(17)25/h7-8,11-12,16,21H,4-6,9-10,13-15H2,1-3H3,(H,26,31). The van der Waals surface area contributed by atoms with Gasteiger partial charge in [0, 0.05) is 30.9 Å². The minimum absolute atomic E-state index is 0.147. The van der Waals surface area contributed by atoms with Crippen molar-refractivity contribution in [3.8, 4) is 0 Å². The Morgan fingerprint density at radius 3 is 2.55 bits per heavy atom. The van der Waals surface area contributed by atoms with Crippen LogP contribution in [0.2, 0.25) is 0 Å². The minimum Gasteiger partial charge on any atom is -0.466 e. The number of carbonyl (C=O) groups excluding carboxylic acids is 3. The number of ether oxygens (including phenoxy) is 2. The maximum absolute atomic E-state index is 14.7. The van der Waals surface area contributed by atoms with E-state index in [1.165, 1.54) is 11.0 Å². The molecular formula is C24H32FN3O5. The summed E-state index contributed by atoms with van der Waals surface area (Å²) in [6, 6.07) is 4.68. The van der Waals surface area contributed by atoms with E-state index in [-0.39, 0.29) is 36.2 Å². The molecule has 0 bridgehead atoms. The van der Waals surface area contributed by atoms with Gasteiger partial charge in [-0.15, -0.1) is 0 Å². The third-order valence-corrected chi connectivity index (χ3v) is 5.96. The van der Waals surface area contributed by atoms with E-state index in [1.54, 1.807) is 32.0 Å². The quantitative estimate of drug-likeness (QED) is 0.599. The number of nitrogens with one attached hydrogen (secondary N) is 1. The molecular weight excluding hydrogens is 429 g/mol. The summed E-state index contributed by atoms with van der Waals surface area (Å²) in [6.07, 6.45) is 1.52. The lowest BCUT2D eigenvalue weighted by Crippen LogP contribution is -2.52. The number of benzene rings is 1. The number of halogens is 1. The Morgan fingerprint density at radius 1 is 1.15 bits per heavy atom. The van der Waals surface area contributed by atoms with E-state index >= 15 is 0 Å². The zero-order valence-corrected chi connectivity index (χ0v) is 19.4. The van der Waals surface area contributed by atoms with Gasteiger partial charge in [-0.25, -0.2) is 14.0 Å². The molecule has 3 rings (SSSR count). The van der Waals surface area contributed by atoms with E-state index in [0.717, 1.165) is 12.8 Å². The molecule has 1 aromatic carbocycles. The molecule has 2 unspecified atom stereocenters. The number of urea groups is 1. The molecule has 1 aromatic rings. The van der Waals surface area contributed by atoms with Gasteiger partial charge in [-0.2, -0.15) is 0 Å². The second-order valence-corrected chi connectivity index (χ2v) is 8.06. The molecule has 0 aromatic heterocycles. The highest BCUT2D eigenvalue weighted by Gasteiger charge is 2.40. The van der Waals surface area contributed by atoms with Crippen molar-refractivity contribution in [1.29, 1.82) is 0 Å². The second kappa shape index (κ2) is 11.3. The summed E-state index contributed by atoms with van der Waals surface area (Å²) in [5.41, 5.74) is 0.879. The number of likely N-dealkylation sites (tertiary alicyclic amines) is 1. The topological polar surface area (TPSA) is 88.2 Å². The Kier molecular flexibility index (Phi) is 8.43. The highest BCUT2D eigenvalue weighted by molar-refractivity contribution is 5.95. The van der Waals surface area contributed by atoms with Gasteiger partial charge < -0.3 is 14.8 Å². The fraction of sp³-hybridized carbons (Fsp3) is 0.542. The van der Waals surface area contributed by atoms with Crippen molar-refractivity contribution >= 4 is 18.0 Å². The van der Waals surface area contributed by atoms with Gasteiger partial charge in [-0.3, -0.25) is 14.6 Å². The maximum atomic E-state index is 14.7.